The van der Waals surface area contributed by atoms with E-state index in [0.717, 1.165) is 5.56 Å². The molecule has 1 atom stereocenters. The van der Waals surface area contributed by atoms with Crippen LogP contribution in [0, 0.1) is 6.92 Å². The van der Waals surface area contributed by atoms with Crippen LogP contribution in [0.4, 0.5) is 5.69 Å². The maximum atomic E-state index is 10.9. The van der Waals surface area contributed by atoms with Crippen LogP contribution in [0.25, 0.3) is 0 Å². The number of carbonyl (C=O) groups excluding carboxylic acids is 1. The zero-order chi connectivity index (χ0) is 9.14. The summed E-state index contributed by atoms with van der Waals surface area (Å²) in [5, 5.41) is 14.9. The highest BCUT2D eigenvalue weighted by molar-refractivity contribution is 7.08. The fraction of sp³-hybridized carbons (Fsp3) is 0.286. The molecule has 5 heteroatoms. The van der Waals surface area contributed by atoms with Gasteiger partial charge < -0.3 is 10.4 Å². The van der Waals surface area contributed by atoms with Crippen LogP contribution in [0.5, 0.6) is 0 Å². The third-order valence-corrected chi connectivity index (χ3v) is 2.24. The lowest BCUT2D eigenvalue weighted by molar-refractivity contribution is -0.123. The normalized spacial score (nSPS) is 12.6. The van der Waals surface area contributed by atoms with Crippen molar-refractivity contribution in [3.05, 3.63) is 16.3 Å². The Hall–Kier alpha value is -0.910. The number of amides is 1. The minimum absolute atomic E-state index is 0.587. The number of anilines is 1. The molecule has 1 rings (SSSR count). The van der Waals surface area contributed by atoms with E-state index in [1.54, 1.807) is 5.38 Å². The van der Waals surface area contributed by atoms with Gasteiger partial charge in [0, 0.05) is 5.38 Å². The van der Waals surface area contributed by atoms with Crippen molar-refractivity contribution in [2.75, 3.05) is 5.32 Å². The molecule has 0 aliphatic heterocycles. The maximum absolute atomic E-state index is 10.9. The molecule has 1 aromatic rings. The molecule has 1 unspecified atom stereocenters. The Balaban J connectivity index is 2.64. The van der Waals surface area contributed by atoms with Crippen molar-refractivity contribution in [2.24, 2.45) is 5.73 Å². The molecule has 0 radical (unpaired) electrons. The summed E-state index contributed by atoms with van der Waals surface area (Å²) in [6.07, 6.45) is -1.45. The zero-order valence-electron chi connectivity index (χ0n) is 6.57. The highest BCUT2D eigenvalue weighted by Gasteiger charge is 2.10. The second-order valence-corrected chi connectivity index (χ2v) is 3.15. The molecule has 4 nitrogen and oxygen atoms in total. The summed E-state index contributed by atoms with van der Waals surface area (Å²) in [6, 6.07) is 0. The second-order valence-electron chi connectivity index (χ2n) is 2.40. The van der Waals surface area contributed by atoms with E-state index >= 15 is 0 Å². The van der Waals surface area contributed by atoms with Crippen molar-refractivity contribution in [1.82, 2.24) is 0 Å². The predicted molar refractivity (Wildman–Crippen MR) is 47.9 cm³/mol. The van der Waals surface area contributed by atoms with Crippen LogP contribution in [0.15, 0.2) is 10.8 Å². The molecule has 1 heterocycles. The second kappa shape index (κ2) is 3.66. The molecule has 0 aromatic carbocycles. The largest absolute Gasteiger partial charge is 0.370 e. The number of aliphatic hydroxyl groups excluding tert-OH is 1. The lowest BCUT2D eigenvalue weighted by atomic mass is 10.3. The van der Waals surface area contributed by atoms with Gasteiger partial charge in [0.2, 0.25) is 0 Å². The van der Waals surface area contributed by atoms with E-state index in [1.165, 1.54) is 11.3 Å². The number of aryl methyl sites for hydroxylation is 1. The van der Waals surface area contributed by atoms with Gasteiger partial charge in [0.1, 0.15) is 0 Å². The Kier molecular flexibility index (Phi) is 2.80. The van der Waals surface area contributed by atoms with E-state index < -0.39 is 12.1 Å². The molecule has 1 aromatic heterocycles. The third kappa shape index (κ3) is 2.04. The lowest BCUT2D eigenvalue weighted by Gasteiger charge is -2.05. The highest BCUT2D eigenvalue weighted by atomic mass is 32.1. The monoisotopic (exact) mass is 186 g/mol. The summed E-state index contributed by atoms with van der Waals surface area (Å²) < 4.78 is 0. The average Bonchev–Trinajstić information content (AvgIpc) is 2.36. The number of aliphatic hydroxyl groups is 1. The number of hydrogen-bond acceptors (Lipinski definition) is 4. The van der Waals surface area contributed by atoms with Crippen molar-refractivity contribution in [2.45, 2.75) is 13.2 Å². The van der Waals surface area contributed by atoms with Crippen molar-refractivity contribution < 1.29 is 9.90 Å². The minimum Gasteiger partial charge on any atom is -0.370 e. The van der Waals surface area contributed by atoms with Gasteiger partial charge in [0.05, 0.1) is 5.69 Å². The Labute approximate surface area is 74.0 Å². The summed E-state index contributed by atoms with van der Waals surface area (Å²) in [5.74, 6) is -0.587. The summed E-state index contributed by atoms with van der Waals surface area (Å²) in [7, 11) is 0. The first kappa shape index (κ1) is 9.18. The van der Waals surface area contributed by atoms with Crippen LogP contribution in [-0.4, -0.2) is 17.2 Å². The fourth-order valence-electron chi connectivity index (χ4n) is 0.695. The van der Waals surface area contributed by atoms with Gasteiger partial charge >= 0.3 is 0 Å². The Morgan fingerprint density at radius 1 is 1.75 bits per heavy atom. The number of carbonyl (C=O) groups is 1. The molecule has 0 saturated heterocycles. The molecule has 1 amide bonds. The Bertz CT molecular complexity index is 283. The van der Waals surface area contributed by atoms with Crippen LogP contribution >= 0.6 is 11.3 Å². The van der Waals surface area contributed by atoms with Gasteiger partial charge in [-0.3, -0.25) is 10.5 Å². The van der Waals surface area contributed by atoms with Crippen LogP contribution in [-0.2, 0) is 4.79 Å². The summed E-state index contributed by atoms with van der Waals surface area (Å²) in [5.41, 5.74) is 6.62. The van der Waals surface area contributed by atoms with Crippen molar-refractivity contribution >= 4 is 22.9 Å². The molecule has 4 N–H and O–H groups in total. The van der Waals surface area contributed by atoms with E-state index in [-0.39, 0.29) is 0 Å². The van der Waals surface area contributed by atoms with Crippen LogP contribution in [0.2, 0.25) is 0 Å². The number of rotatable bonds is 2. The summed E-state index contributed by atoms with van der Waals surface area (Å²) in [6.45, 7) is 1.87. The van der Waals surface area contributed by atoms with Gasteiger partial charge in [0.25, 0.3) is 5.91 Å². The topological polar surface area (TPSA) is 75.4 Å². The van der Waals surface area contributed by atoms with Crippen molar-refractivity contribution in [3.63, 3.8) is 0 Å². The van der Waals surface area contributed by atoms with Gasteiger partial charge in [-0.2, -0.15) is 0 Å². The van der Waals surface area contributed by atoms with Gasteiger partial charge in [-0.05, 0) is 17.9 Å². The fourth-order valence-corrected chi connectivity index (χ4v) is 1.48. The average molecular weight is 186 g/mol. The van der Waals surface area contributed by atoms with Gasteiger partial charge in [0.15, 0.2) is 6.23 Å². The van der Waals surface area contributed by atoms with Crippen molar-refractivity contribution in [3.8, 4) is 0 Å². The van der Waals surface area contributed by atoms with Gasteiger partial charge in [-0.25, -0.2) is 0 Å². The van der Waals surface area contributed by atoms with E-state index in [2.05, 4.69) is 5.32 Å². The van der Waals surface area contributed by atoms with E-state index in [1.807, 2.05) is 12.3 Å². The number of hydrogen-bond donors (Lipinski definition) is 3. The summed E-state index contributed by atoms with van der Waals surface area (Å²) in [4.78, 5) is 10.9. The quantitative estimate of drug-likeness (QED) is 0.580. The molecule has 66 valence electrons. The number of nitrogens with two attached hydrogens (primary N) is 1. The SMILES string of the molecule is Cc1cscc1NC(=O)C(N)O. The molecule has 0 saturated carbocycles. The number of thiophene rings is 1. The molecule has 12 heavy (non-hydrogen) atoms. The molecule has 0 aliphatic carbocycles. The minimum atomic E-state index is -1.45. The first-order valence-corrected chi connectivity index (χ1v) is 4.33. The molecule has 0 fully saturated rings. The maximum Gasteiger partial charge on any atom is 0.268 e. The Morgan fingerprint density at radius 3 is 2.83 bits per heavy atom. The van der Waals surface area contributed by atoms with Crippen molar-refractivity contribution in [1.29, 1.82) is 0 Å². The lowest BCUT2D eigenvalue weighted by Crippen LogP contribution is -2.35. The predicted octanol–water partition coefficient (Wildman–Crippen LogP) is 0.272. The highest BCUT2D eigenvalue weighted by Crippen LogP contribution is 2.18. The van der Waals surface area contributed by atoms with Gasteiger partial charge in [-0.1, -0.05) is 0 Å². The first-order chi connectivity index (χ1) is 5.61. The Morgan fingerprint density at radius 2 is 2.42 bits per heavy atom. The molecule has 0 aliphatic rings. The van der Waals surface area contributed by atoms with Crippen LogP contribution < -0.4 is 11.1 Å². The summed E-state index contributed by atoms with van der Waals surface area (Å²) >= 11 is 1.48. The van der Waals surface area contributed by atoms with Crippen LogP contribution in [0.3, 0.4) is 0 Å². The van der Waals surface area contributed by atoms with Crippen LogP contribution in [0.1, 0.15) is 5.56 Å². The third-order valence-electron chi connectivity index (χ3n) is 1.38. The molecule has 0 bridgehead atoms. The van der Waals surface area contributed by atoms with E-state index in [0.29, 0.717) is 5.69 Å². The van der Waals surface area contributed by atoms with E-state index in [9.17, 15) is 4.79 Å². The standard InChI is InChI=1S/C7H10N2O2S/c1-4-2-12-3-5(4)9-7(11)6(8)10/h2-3,6,10H,8H2,1H3,(H,9,11). The van der Waals surface area contributed by atoms with Gasteiger partial charge in [-0.15, -0.1) is 11.3 Å². The first-order valence-electron chi connectivity index (χ1n) is 3.38. The smallest absolute Gasteiger partial charge is 0.268 e. The molecular formula is C7H10N2O2S. The number of nitrogens with one attached hydrogen (secondary N) is 1. The zero-order valence-corrected chi connectivity index (χ0v) is 7.39. The molecular weight excluding hydrogens is 176 g/mol. The van der Waals surface area contributed by atoms with E-state index in [4.69, 9.17) is 10.8 Å². The molecule has 0 spiro atoms.